The maximum Gasteiger partial charge on any atom is 0.321 e. The van der Waals surface area contributed by atoms with E-state index in [4.69, 9.17) is 14.0 Å². The van der Waals surface area contributed by atoms with Gasteiger partial charge in [0.1, 0.15) is 17.1 Å². The minimum atomic E-state index is -4.03. The summed E-state index contributed by atoms with van der Waals surface area (Å²) in [6.07, 6.45) is 0. The van der Waals surface area contributed by atoms with E-state index in [-0.39, 0.29) is 27.7 Å². The van der Waals surface area contributed by atoms with Gasteiger partial charge in [0.15, 0.2) is 29.7 Å². The number of ether oxygens (including phenoxy) is 2. The lowest BCUT2D eigenvalue weighted by Gasteiger charge is -2.07. The van der Waals surface area contributed by atoms with Gasteiger partial charge in [0.05, 0.1) is 7.11 Å². The van der Waals surface area contributed by atoms with Crippen LogP contribution >= 0.6 is 0 Å². The Morgan fingerprint density at radius 3 is 2.56 bits per heavy atom. The number of methoxy groups -OCH3 is 1. The Morgan fingerprint density at radius 1 is 1.30 bits per heavy atom. The molecule has 11 heteroatoms. The molecule has 1 N–H and O–H groups in total. The van der Waals surface area contributed by atoms with Crippen molar-refractivity contribution in [1.29, 1.82) is 0 Å². The number of aryl methyl sites for hydroxylation is 2. The number of esters is 1. The molecule has 0 atom stereocenters. The number of hydrogen-bond donors (Lipinski definition) is 1. The number of Topliss-reactive ketones (excluding diaryl/α,β-unsaturated/α-hetero) is 1. The highest BCUT2D eigenvalue weighted by atomic mass is 32.2. The summed E-state index contributed by atoms with van der Waals surface area (Å²) >= 11 is 0. The molecule has 0 radical (unpaired) electrons. The van der Waals surface area contributed by atoms with Crippen molar-refractivity contribution < 1.29 is 36.4 Å². The Morgan fingerprint density at radius 2 is 2.00 bits per heavy atom. The predicted octanol–water partition coefficient (Wildman–Crippen LogP) is 1.14. The standard InChI is InChI=1S/C16H17FN2O7S/c1-9-16(10(2)26-19-9)27(22,23)18-7-15(21)25-8-13(20)11-4-5-14(24-3)12(17)6-11/h4-6,18H,7-8H2,1-3H3. The maximum atomic E-state index is 13.6. The summed E-state index contributed by atoms with van der Waals surface area (Å²) in [6.45, 7) is 1.49. The molecule has 27 heavy (non-hydrogen) atoms. The topological polar surface area (TPSA) is 125 Å². The van der Waals surface area contributed by atoms with Gasteiger partial charge in [-0.15, -0.1) is 0 Å². The second-order valence-corrected chi connectivity index (χ2v) is 7.11. The summed E-state index contributed by atoms with van der Waals surface area (Å²) in [5.41, 5.74) is 0.127. The van der Waals surface area contributed by atoms with E-state index in [1.54, 1.807) is 0 Å². The summed E-state index contributed by atoms with van der Waals surface area (Å²) in [7, 11) is -2.75. The average Bonchev–Trinajstić information content (AvgIpc) is 2.97. The van der Waals surface area contributed by atoms with Gasteiger partial charge in [-0.2, -0.15) is 4.72 Å². The summed E-state index contributed by atoms with van der Waals surface area (Å²) in [5.74, 6) is -2.32. The molecule has 0 saturated carbocycles. The lowest BCUT2D eigenvalue weighted by molar-refractivity contribution is -0.141. The Labute approximate surface area is 154 Å². The number of aromatic nitrogens is 1. The summed E-state index contributed by atoms with van der Waals surface area (Å²) in [5, 5.41) is 3.53. The molecular weight excluding hydrogens is 383 g/mol. The van der Waals surface area contributed by atoms with Gasteiger partial charge in [-0.1, -0.05) is 5.16 Å². The van der Waals surface area contributed by atoms with Gasteiger partial charge in [0.2, 0.25) is 10.0 Å². The number of hydrogen-bond acceptors (Lipinski definition) is 8. The lowest BCUT2D eigenvalue weighted by atomic mass is 10.1. The van der Waals surface area contributed by atoms with E-state index in [9.17, 15) is 22.4 Å². The van der Waals surface area contributed by atoms with Gasteiger partial charge in [0.25, 0.3) is 0 Å². The van der Waals surface area contributed by atoms with Crippen LogP contribution in [0.5, 0.6) is 5.75 Å². The zero-order valence-electron chi connectivity index (χ0n) is 14.7. The van der Waals surface area contributed by atoms with Crippen molar-refractivity contribution in [3.8, 4) is 5.75 Å². The van der Waals surface area contributed by atoms with Crippen LogP contribution in [0.15, 0.2) is 27.6 Å². The van der Waals surface area contributed by atoms with E-state index >= 15 is 0 Å². The molecule has 146 valence electrons. The van der Waals surface area contributed by atoms with E-state index in [0.29, 0.717) is 0 Å². The molecule has 1 aromatic heterocycles. The summed E-state index contributed by atoms with van der Waals surface area (Å²) in [6, 6.07) is 3.54. The number of carbonyl (C=O) groups is 2. The van der Waals surface area contributed by atoms with Gasteiger partial charge >= 0.3 is 5.97 Å². The molecule has 0 aliphatic carbocycles. The normalized spacial score (nSPS) is 11.3. The molecule has 0 amide bonds. The molecule has 0 aliphatic heterocycles. The molecular formula is C16H17FN2O7S. The first kappa shape index (κ1) is 20.5. The number of benzene rings is 1. The SMILES string of the molecule is COc1ccc(C(=O)COC(=O)CNS(=O)(=O)c2c(C)noc2C)cc1F. The van der Waals surface area contributed by atoms with Crippen molar-refractivity contribution in [2.24, 2.45) is 0 Å². The number of ketones is 1. The van der Waals surface area contributed by atoms with E-state index in [0.717, 1.165) is 6.07 Å². The monoisotopic (exact) mass is 400 g/mol. The minimum Gasteiger partial charge on any atom is -0.494 e. The first-order chi connectivity index (χ1) is 12.7. The molecule has 1 heterocycles. The first-order valence-corrected chi connectivity index (χ1v) is 9.09. The largest absolute Gasteiger partial charge is 0.494 e. The van der Waals surface area contributed by atoms with Crippen LogP contribution in [0.4, 0.5) is 4.39 Å². The number of nitrogens with zero attached hydrogens (tertiary/aromatic N) is 1. The van der Waals surface area contributed by atoms with Crippen molar-refractivity contribution in [2.75, 3.05) is 20.3 Å². The predicted molar refractivity (Wildman–Crippen MR) is 89.4 cm³/mol. The molecule has 2 rings (SSSR count). The van der Waals surface area contributed by atoms with Crippen molar-refractivity contribution in [3.63, 3.8) is 0 Å². The van der Waals surface area contributed by atoms with Gasteiger partial charge in [-0.25, -0.2) is 12.8 Å². The molecule has 0 bridgehead atoms. The molecule has 0 fully saturated rings. The molecule has 9 nitrogen and oxygen atoms in total. The molecule has 0 saturated heterocycles. The van der Waals surface area contributed by atoms with Crippen LogP contribution in [0.3, 0.4) is 0 Å². The van der Waals surface area contributed by atoms with Gasteiger partial charge in [-0.05, 0) is 32.0 Å². The first-order valence-electron chi connectivity index (χ1n) is 7.60. The second kappa shape index (κ2) is 8.27. The van der Waals surface area contributed by atoms with Crippen LogP contribution < -0.4 is 9.46 Å². The smallest absolute Gasteiger partial charge is 0.321 e. The Kier molecular flexibility index (Phi) is 6.28. The van der Waals surface area contributed by atoms with Crippen LogP contribution in [0.2, 0.25) is 0 Å². The number of sulfonamides is 1. The average molecular weight is 400 g/mol. The third-order valence-electron chi connectivity index (χ3n) is 3.48. The highest BCUT2D eigenvalue weighted by molar-refractivity contribution is 7.89. The zero-order chi connectivity index (χ0) is 20.2. The number of rotatable bonds is 8. The van der Waals surface area contributed by atoms with Gasteiger partial charge in [0, 0.05) is 5.56 Å². The van der Waals surface area contributed by atoms with Crippen molar-refractivity contribution in [3.05, 3.63) is 41.0 Å². The number of carbonyl (C=O) groups excluding carboxylic acids is 2. The highest BCUT2D eigenvalue weighted by Gasteiger charge is 2.25. The van der Waals surface area contributed by atoms with Crippen LogP contribution in [-0.2, 0) is 19.6 Å². The van der Waals surface area contributed by atoms with Crippen LogP contribution in [0.25, 0.3) is 0 Å². The molecule has 0 spiro atoms. The third-order valence-corrected chi connectivity index (χ3v) is 5.13. The molecule has 2 aromatic rings. The summed E-state index contributed by atoms with van der Waals surface area (Å²) in [4.78, 5) is 23.5. The van der Waals surface area contributed by atoms with E-state index in [2.05, 4.69) is 5.16 Å². The lowest BCUT2D eigenvalue weighted by Crippen LogP contribution is -2.32. The van der Waals surface area contributed by atoms with Crippen molar-refractivity contribution in [1.82, 2.24) is 9.88 Å². The fourth-order valence-corrected chi connectivity index (χ4v) is 3.50. The van der Waals surface area contributed by atoms with E-state index in [1.165, 1.54) is 33.1 Å². The maximum absolute atomic E-state index is 13.6. The Bertz CT molecular complexity index is 950. The second-order valence-electron chi connectivity index (χ2n) is 5.41. The van der Waals surface area contributed by atoms with Crippen LogP contribution in [-0.4, -0.2) is 45.6 Å². The fourth-order valence-electron chi connectivity index (χ4n) is 2.20. The molecule has 0 unspecified atom stereocenters. The number of halogens is 1. The van der Waals surface area contributed by atoms with Gasteiger partial charge in [-0.3, -0.25) is 9.59 Å². The van der Waals surface area contributed by atoms with E-state index < -0.39 is 40.7 Å². The minimum absolute atomic E-state index is 0.0163. The quantitative estimate of drug-likeness (QED) is 0.517. The molecule has 0 aliphatic rings. The van der Waals surface area contributed by atoms with Crippen LogP contribution in [0, 0.1) is 19.7 Å². The third kappa shape index (κ3) is 4.89. The van der Waals surface area contributed by atoms with Crippen molar-refractivity contribution >= 4 is 21.8 Å². The Hall–Kier alpha value is -2.79. The van der Waals surface area contributed by atoms with E-state index in [1.807, 2.05) is 4.72 Å². The molecule has 1 aromatic carbocycles. The highest BCUT2D eigenvalue weighted by Crippen LogP contribution is 2.19. The zero-order valence-corrected chi connectivity index (χ0v) is 15.6. The fraction of sp³-hybridized carbons (Fsp3) is 0.312. The Balaban J connectivity index is 1.91. The van der Waals surface area contributed by atoms with Gasteiger partial charge < -0.3 is 14.0 Å². The van der Waals surface area contributed by atoms with Crippen molar-refractivity contribution in [2.45, 2.75) is 18.7 Å². The van der Waals surface area contributed by atoms with Crippen LogP contribution in [0.1, 0.15) is 21.8 Å². The number of nitrogens with one attached hydrogen (secondary N) is 1. The summed E-state index contributed by atoms with van der Waals surface area (Å²) < 4.78 is 54.2.